The van der Waals surface area contributed by atoms with E-state index in [0.717, 1.165) is 21.5 Å². The van der Waals surface area contributed by atoms with E-state index in [-0.39, 0.29) is 17.9 Å². The highest BCUT2D eigenvalue weighted by atomic mass is 79.9. The summed E-state index contributed by atoms with van der Waals surface area (Å²) in [7, 11) is 0. The fourth-order valence-electron chi connectivity index (χ4n) is 2.26. The van der Waals surface area contributed by atoms with Gasteiger partial charge in [-0.3, -0.25) is 9.59 Å². The molecule has 1 fully saturated rings. The summed E-state index contributed by atoms with van der Waals surface area (Å²) in [6, 6.07) is 7.84. The van der Waals surface area contributed by atoms with E-state index in [4.69, 9.17) is 0 Å². The molecule has 1 aliphatic rings. The first-order chi connectivity index (χ1) is 9.54. The molecule has 0 aliphatic carbocycles. The Balaban J connectivity index is 1.84. The molecule has 1 aliphatic heterocycles. The van der Waals surface area contributed by atoms with Crippen LogP contribution >= 0.6 is 15.9 Å². The van der Waals surface area contributed by atoms with Gasteiger partial charge in [0.15, 0.2) is 13.1 Å². The van der Waals surface area contributed by atoms with Crippen molar-refractivity contribution in [3.8, 4) is 0 Å². The Hall–Kier alpha value is -1.40. The van der Waals surface area contributed by atoms with Crippen molar-refractivity contribution in [2.45, 2.75) is 13.0 Å². The normalized spacial score (nSPS) is 20.1. The third-order valence-electron chi connectivity index (χ3n) is 3.37. The molecule has 0 radical (unpaired) electrons. The number of quaternary nitrogens is 1. The third-order valence-corrected chi connectivity index (χ3v) is 3.90. The fraction of sp³-hybridized carbons (Fsp3) is 0.429. The van der Waals surface area contributed by atoms with Crippen LogP contribution in [-0.2, 0) is 9.59 Å². The van der Waals surface area contributed by atoms with Crippen LogP contribution in [0.25, 0.3) is 0 Å². The number of hydrogen-bond acceptors (Lipinski definition) is 2. The summed E-state index contributed by atoms with van der Waals surface area (Å²) in [5.74, 6) is -0.00914. The van der Waals surface area contributed by atoms with Crippen molar-refractivity contribution in [2.75, 3.05) is 26.2 Å². The zero-order valence-electron chi connectivity index (χ0n) is 11.4. The van der Waals surface area contributed by atoms with Crippen LogP contribution in [-0.4, -0.2) is 38.0 Å². The van der Waals surface area contributed by atoms with Gasteiger partial charge in [0.1, 0.15) is 0 Å². The van der Waals surface area contributed by atoms with Crippen molar-refractivity contribution < 1.29 is 14.5 Å². The number of piperazine rings is 1. The van der Waals surface area contributed by atoms with Crippen LogP contribution in [0.1, 0.15) is 18.5 Å². The molecule has 20 heavy (non-hydrogen) atoms. The summed E-state index contributed by atoms with van der Waals surface area (Å²) in [4.78, 5) is 24.3. The minimum atomic E-state index is -0.0337. The maximum atomic E-state index is 12.0. The minimum absolute atomic E-state index is 0.0139. The van der Waals surface area contributed by atoms with E-state index in [0.29, 0.717) is 19.6 Å². The van der Waals surface area contributed by atoms with E-state index in [1.54, 1.807) is 0 Å². The van der Waals surface area contributed by atoms with Crippen LogP contribution in [0.5, 0.6) is 0 Å². The zero-order chi connectivity index (χ0) is 14.5. The standard InChI is InChI=1S/C14H18BrN3O2/c1-10(11-2-4-12(15)5-3-11)17-14(20)9-18-7-6-16-13(19)8-18/h2-5,10H,6-9H2,1H3,(H,16,19)(H,17,20)/p+1/t10-/m0/s1. The molecule has 0 bridgehead atoms. The predicted octanol–water partition coefficient (Wildman–Crippen LogP) is -0.359. The summed E-state index contributed by atoms with van der Waals surface area (Å²) in [5.41, 5.74) is 1.06. The summed E-state index contributed by atoms with van der Waals surface area (Å²) in [5, 5.41) is 5.73. The lowest BCUT2D eigenvalue weighted by Crippen LogP contribution is -3.16. The van der Waals surface area contributed by atoms with E-state index in [1.165, 1.54) is 0 Å². The summed E-state index contributed by atoms with van der Waals surface area (Å²) >= 11 is 3.39. The van der Waals surface area contributed by atoms with Crippen molar-refractivity contribution in [1.82, 2.24) is 10.6 Å². The van der Waals surface area contributed by atoms with Gasteiger partial charge in [0.2, 0.25) is 0 Å². The first kappa shape index (κ1) is 15.0. The number of carbonyl (C=O) groups is 2. The van der Waals surface area contributed by atoms with Crippen molar-refractivity contribution in [3.05, 3.63) is 34.3 Å². The predicted molar refractivity (Wildman–Crippen MR) is 79.3 cm³/mol. The smallest absolute Gasteiger partial charge is 0.275 e. The lowest BCUT2D eigenvalue weighted by molar-refractivity contribution is -0.885. The molecule has 2 amide bonds. The highest BCUT2D eigenvalue weighted by Gasteiger charge is 2.22. The van der Waals surface area contributed by atoms with Gasteiger partial charge in [-0.05, 0) is 24.6 Å². The Kier molecular flexibility index (Phi) is 5.14. The topological polar surface area (TPSA) is 62.6 Å². The Morgan fingerprint density at radius 1 is 1.45 bits per heavy atom. The van der Waals surface area contributed by atoms with Gasteiger partial charge in [-0.1, -0.05) is 28.1 Å². The monoisotopic (exact) mass is 340 g/mol. The Bertz CT molecular complexity index is 490. The number of hydrogen-bond donors (Lipinski definition) is 3. The van der Waals surface area contributed by atoms with Gasteiger partial charge in [0.05, 0.1) is 19.1 Å². The number of benzene rings is 1. The molecule has 1 unspecified atom stereocenters. The first-order valence-corrected chi connectivity index (χ1v) is 7.49. The maximum absolute atomic E-state index is 12.0. The number of rotatable bonds is 4. The molecule has 2 rings (SSSR count). The highest BCUT2D eigenvalue weighted by Crippen LogP contribution is 2.16. The largest absolute Gasteiger partial charge is 0.346 e. The first-order valence-electron chi connectivity index (χ1n) is 6.69. The SMILES string of the molecule is C[C@H](NC(=O)C[NH+]1CCNC(=O)C1)c1ccc(Br)cc1. The lowest BCUT2D eigenvalue weighted by Gasteiger charge is -2.23. The molecule has 1 aromatic rings. The van der Waals surface area contributed by atoms with Gasteiger partial charge < -0.3 is 15.5 Å². The van der Waals surface area contributed by atoms with E-state index in [1.807, 2.05) is 31.2 Å². The number of halogens is 1. The lowest BCUT2D eigenvalue weighted by atomic mass is 10.1. The van der Waals surface area contributed by atoms with E-state index in [2.05, 4.69) is 26.6 Å². The van der Waals surface area contributed by atoms with Gasteiger partial charge in [-0.15, -0.1) is 0 Å². The van der Waals surface area contributed by atoms with Gasteiger partial charge in [-0.25, -0.2) is 0 Å². The van der Waals surface area contributed by atoms with E-state index < -0.39 is 0 Å². The summed E-state index contributed by atoms with van der Waals surface area (Å²) < 4.78 is 1.02. The second-order valence-electron chi connectivity index (χ2n) is 5.04. The van der Waals surface area contributed by atoms with Crippen molar-refractivity contribution in [3.63, 3.8) is 0 Å². The van der Waals surface area contributed by atoms with Gasteiger partial charge in [0.25, 0.3) is 11.8 Å². The number of nitrogens with one attached hydrogen (secondary N) is 3. The summed E-state index contributed by atoms with van der Waals surface area (Å²) in [6.45, 7) is 4.11. The van der Waals surface area contributed by atoms with Crippen LogP contribution in [0.3, 0.4) is 0 Å². The molecule has 0 saturated carbocycles. The third kappa shape index (κ3) is 4.31. The van der Waals surface area contributed by atoms with Crippen LogP contribution in [0.4, 0.5) is 0 Å². The minimum Gasteiger partial charge on any atom is -0.346 e. The molecule has 1 aromatic carbocycles. The molecule has 0 spiro atoms. The maximum Gasteiger partial charge on any atom is 0.275 e. The van der Waals surface area contributed by atoms with Crippen LogP contribution in [0, 0.1) is 0 Å². The Morgan fingerprint density at radius 2 is 2.15 bits per heavy atom. The van der Waals surface area contributed by atoms with Crippen molar-refractivity contribution in [2.24, 2.45) is 0 Å². The molecule has 5 nitrogen and oxygen atoms in total. The Morgan fingerprint density at radius 3 is 2.80 bits per heavy atom. The van der Waals surface area contributed by atoms with Crippen LogP contribution in [0.15, 0.2) is 28.7 Å². The van der Waals surface area contributed by atoms with E-state index >= 15 is 0 Å². The average molecular weight is 341 g/mol. The van der Waals surface area contributed by atoms with Gasteiger partial charge >= 0.3 is 0 Å². The molecule has 0 aromatic heterocycles. The fourth-order valence-corrected chi connectivity index (χ4v) is 2.53. The molecule has 1 saturated heterocycles. The van der Waals surface area contributed by atoms with Gasteiger partial charge in [-0.2, -0.15) is 0 Å². The molecular formula is C14H19BrN3O2+. The van der Waals surface area contributed by atoms with Gasteiger partial charge in [0, 0.05) is 4.47 Å². The number of amides is 2. The molecule has 2 atom stereocenters. The molecule has 3 N–H and O–H groups in total. The van der Waals surface area contributed by atoms with E-state index in [9.17, 15) is 9.59 Å². The molecule has 1 heterocycles. The second-order valence-corrected chi connectivity index (χ2v) is 5.96. The number of carbonyl (C=O) groups excluding carboxylic acids is 2. The van der Waals surface area contributed by atoms with Crippen molar-refractivity contribution >= 4 is 27.7 Å². The average Bonchev–Trinajstić information content (AvgIpc) is 2.39. The molecule has 6 heteroatoms. The highest BCUT2D eigenvalue weighted by molar-refractivity contribution is 9.10. The zero-order valence-corrected chi connectivity index (χ0v) is 13.0. The van der Waals surface area contributed by atoms with Crippen LogP contribution in [0.2, 0.25) is 0 Å². The molecule has 108 valence electrons. The second kappa shape index (κ2) is 6.85. The Labute approximate surface area is 126 Å². The van der Waals surface area contributed by atoms with Crippen LogP contribution < -0.4 is 15.5 Å². The molecular weight excluding hydrogens is 322 g/mol. The summed E-state index contributed by atoms with van der Waals surface area (Å²) in [6.07, 6.45) is 0. The van der Waals surface area contributed by atoms with Crippen molar-refractivity contribution in [1.29, 1.82) is 0 Å². The quantitative estimate of drug-likeness (QED) is 0.701.